The van der Waals surface area contributed by atoms with Crippen LogP contribution in [0.25, 0.3) is 5.69 Å². The van der Waals surface area contributed by atoms with Crippen LogP contribution in [0.2, 0.25) is 0 Å². The predicted octanol–water partition coefficient (Wildman–Crippen LogP) is 3.04. The van der Waals surface area contributed by atoms with E-state index in [1.807, 2.05) is 59.5 Å². The van der Waals surface area contributed by atoms with Crippen molar-refractivity contribution >= 4 is 5.91 Å². The summed E-state index contributed by atoms with van der Waals surface area (Å²) < 4.78 is 1.84. The number of aromatic nitrogens is 2. The summed E-state index contributed by atoms with van der Waals surface area (Å²) in [5.74, 6) is 0.0322. The third-order valence-corrected chi connectivity index (χ3v) is 4.12. The first kappa shape index (κ1) is 17.4. The molecule has 0 atom stereocenters. The maximum absolute atomic E-state index is 12.0. The van der Waals surface area contributed by atoms with Crippen molar-refractivity contribution in [3.63, 3.8) is 0 Å². The fourth-order valence-corrected chi connectivity index (χ4v) is 2.65. The van der Waals surface area contributed by atoms with Gasteiger partial charge in [-0.25, -0.2) is 4.68 Å². The number of hydrogen-bond acceptors (Lipinski definition) is 3. The number of nitrogens with one attached hydrogen (secondary N) is 1. The second-order valence-corrected chi connectivity index (χ2v) is 6.04. The van der Waals surface area contributed by atoms with Crippen LogP contribution in [0.4, 0.5) is 0 Å². The molecule has 0 saturated carbocycles. The molecule has 5 nitrogen and oxygen atoms in total. The first-order valence-electron chi connectivity index (χ1n) is 8.59. The summed E-state index contributed by atoms with van der Waals surface area (Å²) in [6.07, 6.45) is 5.67. The zero-order valence-electron chi connectivity index (χ0n) is 14.4. The lowest BCUT2D eigenvalue weighted by Gasteiger charge is -2.05. The van der Waals surface area contributed by atoms with Crippen LogP contribution >= 0.6 is 0 Å². The van der Waals surface area contributed by atoms with Gasteiger partial charge in [-0.2, -0.15) is 10.4 Å². The number of nitrogens with zero attached hydrogens (tertiary/aromatic N) is 3. The highest BCUT2D eigenvalue weighted by atomic mass is 16.1. The van der Waals surface area contributed by atoms with Crippen molar-refractivity contribution in [2.75, 3.05) is 6.54 Å². The molecule has 0 saturated heterocycles. The smallest absolute Gasteiger partial charge is 0.220 e. The molecule has 1 aromatic heterocycles. The van der Waals surface area contributed by atoms with E-state index in [9.17, 15) is 4.79 Å². The SMILES string of the molecule is N#Cc1ccc(CCC(=O)NCCc2cnn(-c3ccccc3)c2)cc1. The van der Waals surface area contributed by atoms with Crippen LogP contribution in [0, 0.1) is 11.3 Å². The Hall–Kier alpha value is -3.39. The first-order chi connectivity index (χ1) is 12.7. The molecule has 3 rings (SSSR count). The van der Waals surface area contributed by atoms with Gasteiger partial charge in [0.05, 0.1) is 23.5 Å². The van der Waals surface area contributed by atoms with E-state index in [0.29, 0.717) is 24.9 Å². The third kappa shape index (κ3) is 4.81. The van der Waals surface area contributed by atoms with Gasteiger partial charge in [-0.1, -0.05) is 30.3 Å². The van der Waals surface area contributed by atoms with Gasteiger partial charge in [-0.15, -0.1) is 0 Å². The van der Waals surface area contributed by atoms with E-state index in [4.69, 9.17) is 5.26 Å². The third-order valence-electron chi connectivity index (χ3n) is 4.12. The molecule has 0 bridgehead atoms. The molecule has 1 N–H and O–H groups in total. The summed E-state index contributed by atoms with van der Waals surface area (Å²) >= 11 is 0. The summed E-state index contributed by atoms with van der Waals surface area (Å²) in [5, 5.41) is 16.1. The molecule has 0 unspecified atom stereocenters. The quantitative estimate of drug-likeness (QED) is 0.716. The molecular weight excluding hydrogens is 324 g/mol. The number of benzene rings is 2. The molecule has 1 amide bonds. The average Bonchev–Trinajstić information content (AvgIpc) is 3.16. The van der Waals surface area contributed by atoms with E-state index in [2.05, 4.69) is 16.5 Å². The summed E-state index contributed by atoms with van der Waals surface area (Å²) in [6.45, 7) is 0.590. The van der Waals surface area contributed by atoms with Crippen molar-refractivity contribution in [2.45, 2.75) is 19.3 Å². The summed E-state index contributed by atoms with van der Waals surface area (Å²) in [4.78, 5) is 12.0. The van der Waals surface area contributed by atoms with Gasteiger partial charge >= 0.3 is 0 Å². The number of para-hydroxylation sites is 1. The predicted molar refractivity (Wildman–Crippen MR) is 99.8 cm³/mol. The van der Waals surface area contributed by atoms with Gasteiger partial charge in [-0.3, -0.25) is 4.79 Å². The van der Waals surface area contributed by atoms with Crippen molar-refractivity contribution in [1.82, 2.24) is 15.1 Å². The number of nitriles is 1. The largest absolute Gasteiger partial charge is 0.356 e. The van der Waals surface area contributed by atoms with Gasteiger partial charge in [0.1, 0.15) is 0 Å². The molecule has 0 aliphatic heterocycles. The van der Waals surface area contributed by atoms with E-state index in [1.54, 1.807) is 12.1 Å². The van der Waals surface area contributed by atoms with Crippen LogP contribution in [0.15, 0.2) is 67.0 Å². The minimum atomic E-state index is 0.0322. The van der Waals surface area contributed by atoms with Gasteiger partial charge in [0.15, 0.2) is 0 Å². The minimum Gasteiger partial charge on any atom is -0.356 e. The standard InChI is InChI=1S/C21H20N4O/c22-14-18-8-6-17(7-9-18)10-11-21(26)23-13-12-19-15-24-25(16-19)20-4-2-1-3-5-20/h1-9,15-16H,10-13H2,(H,23,26). The molecule has 1 heterocycles. The Kier molecular flexibility index (Phi) is 5.79. The average molecular weight is 344 g/mol. The van der Waals surface area contributed by atoms with Gasteiger partial charge in [0.2, 0.25) is 5.91 Å². The Labute approximate surface area is 152 Å². The Balaban J connectivity index is 1.41. The number of rotatable bonds is 7. The maximum Gasteiger partial charge on any atom is 0.220 e. The van der Waals surface area contributed by atoms with Gasteiger partial charge in [0.25, 0.3) is 0 Å². The molecule has 3 aromatic rings. The molecule has 0 aliphatic rings. The Morgan fingerprint density at radius 2 is 1.81 bits per heavy atom. The Morgan fingerprint density at radius 1 is 1.04 bits per heavy atom. The van der Waals surface area contributed by atoms with Gasteiger partial charge < -0.3 is 5.32 Å². The highest BCUT2D eigenvalue weighted by Gasteiger charge is 2.04. The fourth-order valence-electron chi connectivity index (χ4n) is 2.65. The van der Waals surface area contributed by atoms with Crippen LogP contribution in [0.1, 0.15) is 23.1 Å². The lowest BCUT2D eigenvalue weighted by Crippen LogP contribution is -2.25. The first-order valence-corrected chi connectivity index (χ1v) is 8.59. The molecule has 0 radical (unpaired) electrons. The van der Waals surface area contributed by atoms with E-state index < -0.39 is 0 Å². The fraction of sp³-hybridized carbons (Fsp3) is 0.190. The van der Waals surface area contributed by atoms with Crippen LogP contribution in [0.5, 0.6) is 0 Å². The van der Waals surface area contributed by atoms with Crippen LogP contribution < -0.4 is 5.32 Å². The van der Waals surface area contributed by atoms with Crippen molar-refractivity contribution < 1.29 is 4.79 Å². The van der Waals surface area contributed by atoms with Crippen molar-refractivity contribution in [3.05, 3.63) is 83.7 Å². The van der Waals surface area contributed by atoms with E-state index >= 15 is 0 Å². The zero-order chi connectivity index (χ0) is 18.2. The second-order valence-electron chi connectivity index (χ2n) is 6.04. The molecule has 0 fully saturated rings. The van der Waals surface area contributed by atoms with Crippen LogP contribution in [-0.2, 0) is 17.6 Å². The van der Waals surface area contributed by atoms with E-state index in [0.717, 1.165) is 23.2 Å². The summed E-state index contributed by atoms with van der Waals surface area (Å²) in [5.41, 5.74) is 3.80. The molecule has 130 valence electrons. The summed E-state index contributed by atoms with van der Waals surface area (Å²) in [7, 11) is 0. The van der Waals surface area contributed by atoms with Gasteiger partial charge in [0, 0.05) is 19.2 Å². The number of carbonyl (C=O) groups is 1. The van der Waals surface area contributed by atoms with Crippen molar-refractivity contribution in [3.8, 4) is 11.8 Å². The zero-order valence-corrected chi connectivity index (χ0v) is 14.4. The highest BCUT2D eigenvalue weighted by molar-refractivity contribution is 5.76. The maximum atomic E-state index is 12.0. The van der Waals surface area contributed by atoms with Gasteiger partial charge in [-0.05, 0) is 48.2 Å². The lowest BCUT2D eigenvalue weighted by atomic mass is 10.1. The van der Waals surface area contributed by atoms with Crippen molar-refractivity contribution in [2.24, 2.45) is 0 Å². The highest BCUT2D eigenvalue weighted by Crippen LogP contribution is 2.08. The molecule has 2 aromatic carbocycles. The van der Waals surface area contributed by atoms with Crippen LogP contribution in [0.3, 0.4) is 0 Å². The van der Waals surface area contributed by atoms with Crippen LogP contribution in [-0.4, -0.2) is 22.2 Å². The normalized spacial score (nSPS) is 10.3. The minimum absolute atomic E-state index is 0.0322. The Morgan fingerprint density at radius 3 is 2.54 bits per heavy atom. The van der Waals surface area contributed by atoms with Crippen molar-refractivity contribution in [1.29, 1.82) is 5.26 Å². The van der Waals surface area contributed by atoms with E-state index in [1.165, 1.54) is 0 Å². The number of hydrogen-bond donors (Lipinski definition) is 1. The molecule has 26 heavy (non-hydrogen) atoms. The monoisotopic (exact) mass is 344 g/mol. The number of aryl methyl sites for hydroxylation is 1. The molecule has 0 aliphatic carbocycles. The second kappa shape index (κ2) is 8.63. The number of amides is 1. The van der Waals surface area contributed by atoms with E-state index in [-0.39, 0.29) is 5.91 Å². The molecule has 0 spiro atoms. The summed E-state index contributed by atoms with van der Waals surface area (Å²) in [6, 6.07) is 19.4. The lowest BCUT2D eigenvalue weighted by molar-refractivity contribution is -0.121. The topological polar surface area (TPSA) is 70.7 Å². The number of carbonyl (C=O) groups excluding carboxylic acids is 1. The molecular formula is C21H20N4O. The molecule has 5 heteroatoms. The Bertz CT molecular complexity index is 892.